The number of rotatable bonds is 6. The van der Waals surface area contributed by atoms with Gasteiger partial charge >= 0.3 is 0 Å². The van der Waals surface area contributed by atoms with Gasteiger partial charge in [0.05, 0.1) is 12.7 Å². The first-order valence-electron chi connectivity index (χ1n) is 6.17. The van der Waals surface area contributed by atoms with Crippen LogP contribution in [0.25, 0.3) is 0 Å². The quantitative estimate of drug-likeness (QED) is 0.720. The number of thiophene rings is 1. The Morgan fingerprint density at radius 2 is 1.94 bits per heavy atom. The molecular formula is C14H24OS. The molecule has 0 aliphatic rings. The van der Waals surface area contributed by atoms with Crippen molar-refractivity contribution >= 4 is 11.3 Å². The molecule has 1 aromatic heterocycles. The van der Waals surface area contributed by atoms with E-state index < -0.39 is 0 Å². The van der Waals surface area contributed by atoms with Crippen molar-refractivity contribution in [3.05, 3.63) is 21.9 Å². The summed E-state index contributed by atoms with van der Waals surface area (Å²) in [4.78, 5) is 1.46. The molecule has 0 bridgehead atoms. The van der Waals surface area contributed by atoms with E-state index in [1.807, 2.05) is 11.3 Å². The molecule has 0 spiro atoms. The lowest BCUT2D eigenvalue weighted by Crippen LogP contribution is -2.23. The molecule has 1 rings (SSSR count). The van der Waals surface area contributed by atoms with E-state index in [1.165, 1.54) is 10.4 Å². The summed E-state index contributed by atoms with van der Waals surface area (Å²) >= 11 is 1.84. The van der Waals surface area contributed by atoms with Crippen LogP contribution in [0.3, 0.4) is 0 Å². The maximum atomic E-state index is 5.90. The summed E-state index contributed by atoms with van der Waals surface area (Å²) in [6.07, 6.45) is 1.42. The minimum atomic E-state index is 0.361. The Hall–Kier alpha value is -0.340. The lowest BCUT2D eigenvalue weighted by atomic mass is 9.93. The van der Waals surface area contributed by atoms with Crippen LogP contribution in [-0.4, -0.2) is 12.7 Å². The Labute approximate surface area is 104 Å². The predicted octanol–water partition coefficient (Wildman–Crippen LogP) is 4.30. The van der Waals surface area contributed by atoms with Gasteiger partial charge in [0.15, 0.2) is 0 Å². The van der Waals surface area contributed by atoms with Gasteiger partial charge in [-0.25, -0.2) is 0 Å². The molecule has 0 aromatic carbocycles. The van der Waals surface area contributed by atoms with Gasteiger partial charge in [0.25, 0.3) is 0 Å². The van der Waals surface area contributed by atoms with Crippen LogP contribution in [0.15, 0.2) is 11.4 Å². The average Bonchev–Trinajstić information content (AvgIpc) is 2.63. The third kappa shape index (κ3) is 3.91. The Morgan fingerprint density at radius 1 is 1.25 bits per heavy atom. The molecule has 16 heavy (non-hydrogen) atoms. The number of aryl methyl sites for hydroxylation is 1. The lowest BCUT2D eigenvalue weighted by Gasteiger charge is -2.23. The van der Waals surface area contributed by atoms with Crippen LogP contribution >= 0.6 is 11.3 Å². The molecule has 0 aliphatic carbocycles. The molecule has 1 aromatic rings. The van der Waals surface area contributed by atoms with Crippen LogP contribution in [0.5, 0.6) is 0 Å². The molecule has 0 saturated carbocycles. The van der Waals surface area contributed by atoms with Gasteiger partial charge in [0.2, 0.25) is 0 Å². The highest BCUT2D eigenvalue weighted by Gasteiger charge is 2.16. The maximum absolute atomic E-state index is 5.90. The average molecular weight is 240 g/mol. The van der Waals surface area contributed by atoms with E-state index >= 15 is 0 Å². The highest BCUT2D eigenvalue weighted by atomic mass is 32.1. The predicted molar refractivity (Wildman–Crippen MR) is 72.2 cm³/mol. The van der Waals surface area contributed by atoms with E-state index in [0.717, 1.165) is 13.0 Å². The first-order chi connectivity index (χ1) is 7.52. The van der Waals surface area contributed by atoms with Crippen LogP contribution in [0.4, 0.5) is 0 Å². The number of hydrogen-bond donors (Lipinski definition) is 0. The van der Waals surface area contributed by atoms with Gasteiger partial charge in [-0.1, -0.05) is 20.8 Å². The molecule has 0 N–H and O–H groups in total. The highest BCUT2D eigenvalue weighted by molar-refractivity contribution is 7.10. The summed E-state index contributed by atoms with van der Waals surface area (Å²) in [6, 6.07) is 2.18. The van der Waals surface area contributed by atoms with E-state index in [0.29, 0.717) is 17.9 Å². The molecule has 1 nitrogen and oxygen atoms in total. The highest BCUT2D eigenvalue weighted by Crippen LogP contribution is 2.19. The van der Waals surface area contributed by atoms with Crippen molar-refractivity contribution < 1.29 is 4.74 Å². The Balaban J connectivity index is 2.28. The molecule has 2 atom stereocenters. The zero-order valence-corrected chi connectivity index (χ0v) is 11.9. The van der Waals surface area contributed by atoms with Crippen molar-refractivity contribution in [3.8, 4) is 0 Å². The van der Waals surface area contributed by atoms with Crippen molar-refractivity contribution in [2.75, 3.05) is 6.61 Å². The Morgan fingerprint density at radius 3 is 2.44 bits per heavy atom. The molecule has 92 valence electrons. The summed E-state index contributed by atoms with van der Waals surface area (Å²) in [7, 11) is 0. The molecule has 0 saturated heterocycles. The van der Waals surface area contributed by atoms with Crippen LogP contribution in [0.1, 0.15) is 38.1 Å². The molecule has 0 fully saturated rings. The smallest absolute Gasteiger partial charge is 0.0575 e. The fourth-order valence-corrected chi connectivity index (χ4v) is 2.58. The summed E-state index contributed by atoms with van der Waals surface area (Å²) in [5.41, 5.74) is 1.40. The third-order valence-electron chi connectivity index (χ3n) is 3.47. The minimum Gasteiger partial charge on any atom is -0.378 e. The molecule has 0 aliphatic heterocycles. The van der Waals surface area contributed by atoms with Crippen LogP contribution in [0, 0.1) is 18.8 Å². The van der Waals surface area contributed by atoms with E-state index in [9.17, 15) is 0 Å². The van der Waals surface area contributed by atoms with Crippen LogP contribution < -0.4 is 0 Å². The van der Waals surface area contributed by atoms with Gasteiger partial charge in [-0.05, 0) is 42.7 Å². The second-order valence-electron chi connectivity index (χ2n) is 4.96. The number of ether oxygens (including phenoxy) is 1. The summed E-state index contributed by atoms with van der Waals surface area (Å²) in [5.74, 6) is 1.32. The maximum Gasteiger partial charge on any atom is 0.0575 e. The summed E-state index contributed by atoms with van der Waals surface area (Å²) < 4.78 is 5.90. The molecule has 2 unspecified atom stereocenters. The zero-order valence-electron chi connectivity index (χ0n) is 11.1. The lowest BCUT2D eigenvalue weighted by molar-refractivity contribution is 0.0182. The van der Waals surface area contributed by atoms with E-state index in [2.05, 4.69) is 46.1 Å². The normalized spacial score (nSPS) is 15.4. The van der Waals surface area contributed by atoms with E-state index in [4.69, 9.17) is 4.74 Å². The fraction of sp³-hybridized carbons (Fsp3) is 0.714. The van der Waals surface area contributed by atoms with Gasteiger partial charge in [0, 0.05) is 11.3 Å². The standard InChI is InChI=1S/C14H24OS/c1-10(2)12(4)13(5)15-8-6-14-11(3)7-9-16-14/h7,9-10,12-13H,6,8H2,1-5H3. The van der Waals surface area contributed by atoms with Crippen LogP contribution in [0.2, 0.25) is 0 Å². The second kappa shape index (κ2) is 6.41. The molecule has 0 radical (unpaired) electrons. The second-order valence-corrected chi connectivity index (χ2v) is 5.96. The minimum absolute atomic E-state index is 0.361. The van der Waals surface area contributed by atoms with Gasteiger partial charge in [0.1, 0.15) is 0 Å². The molecule has 1 heterocycles. The summed E-state index contributed by atoms with van der Waals surface area (Å²) in [5, 5.41) is 2.16. The zero-order chi connectivity index (χ0) is 12.1. The Bertz CT molecular complexity index is 303. The molecule has 2 heteroatoms. The largest absolute Gasteiger partial charge is 0.378 e. The van der Waals surface area contributed by atoms with E-state index in [-0.39, 0.29) is 0 Å². The van der Waals surface area contributed by atoms with Gasteiger partial charge in [-0.15, -0.1) is 11.3 Å². The van der Waals surface area contributed by atoms with Crippen molar-refractivity contribution in [1.29, 1.82) is 0 Å². The molecular weight excluding hydrogens is 216 g/mol. The van der Waals surface area contributed by atoms with Gasteiger partial charge in [-0.2, -0.15) is 0 Å². The third-order valence-corrected chi connectivity index (χ3v) is 4.55. The molecule has 0 amide bonds. The topological polar surface area (TPSA) is 9.23 Å². The number of hydrogen-bond acceptors (Lipinski definition) is 2. The van der Waals surface area contributed by atoms with Gasteiger partial charge in [-0.3, -0.25) is 0 Å². The van der Waals surface area contributed by atoms with Crippen molar-refractivity contribution in [1.82, 2.24) is 0 Å². The first kappa shape index (κ1) is 13.7. The Kier molecular flexibility index (Phi) is 5.50. The SMILES string of the molecule is Cc1ccsc1CCOC(C)C(C)C(C)C. The monoisotopic (exact) mass is 240 g/mol. The van der Waals surface area contributed by atoms with Gasteiger partial charge < -0.3 is 4.74 Å². The fourth-order valence-electron chi connectivity index (χ4n) is 1.69. The van der Waals surface area contributed by atoms with Crippen molar-refractivity contribution in [2.45, 2.75) is 47.1 Å². The first-order valence-corrected chi connectivity index (χ1v) is 7.05. The van der Waals surface area contributed by atoms with Crippen molar-refractivity contribution in [2.24, 2.45) is 11.8 Å². The summed E-state index contributed by atoms with van der Waals surface area (Å²) in [6.45, 7) is 12.0. The van der Waals surface area contributed by atoms with E-state index in [1.54, 1.807) is 0 Å². The van der Waals surface area contributed by atoms with Crippen molar-refractivity contribution in [3.63, 3.8) is 0 Å². The van der Waals surface area contributed by atoms with Crippen LogP contribution in [-0.2, 0) is 11.2 Å².